The average molecular weight is 1040 g/mol. The van der Waals surface area contributed by atoms with E-state index >= 15 is 0 Å². The van der Waals surface area contributed by atoms with Gasteiger partial charge >= 0.3 is 0 Å². The first-order valence-corrected chi connectivity index (χ1v) is 22.0. The quantitative estimate of drug-likeness (QED) is 0.0454. The highest BCUT2D eigenvalue weighted by Crippen LogP contribution is 2.25. The number of aliphatic hydroxyl groups is 3. The smallest absolute Gasteiger partial charge is 0.224 e. The van der Waals surface area contributed by atoms with Crippen molar-refractivity contribution in [3.63, 3.8) is 0 Å². The molecule has 0 radical (unpaired) electrons. The van der Waals surface area contributed by atoms with Crippen LogP contribution in [0.15, 0.2) is 123 Å². The maximum atomic E-state index is 10.7. The number of Topliss-reactive ketones (excluding diaryl/α,β-unsaturated/α-hetero) is 1. The summed E-state index contributed by atoms with van der Waals surface area (Å²) >= 11 is 6.40. The third-order valence-electron chi connectivity index (χ3n) is 8.60. The zero-order valence-electron chi connectivity index (χ0n) is 38.5. The maximum Gasteiger partial charge on any atom is 0.224 e. The predicted molar refractivity (Wildman–Crippen MR) is 264 cm³/mol. The van der Waals surface area contributed by atoms with E-state index < -0.39 is 16.8 Å². The Morgan fingerprint density at radius 1 is 0.791 bits per heavy atom. The number of aryl methyl sites for hydroxylation is 1. The van der Waals surface area contributed by atoms with Crippen molar-refractivity contribution in [3.8, 4) is 23.7 Å². The largest absolute Gasteiger partial charge is 0.458 e. The Kier molecular flexibility index (Phi) is 20.5. The number of anilines is 1. The van der Waals surface area contributed by atoms with Crippen LogP contribution in [0, 0.1) is 29.6 Å². The van der Waals surface area contributed by atoms with Crippen molar-refractivity contribution in [1.29, 1.82) is 10.5 Å². The lowest BCUT2D eigenvalue weighted by molar-refractivity contribution is 0.0731. The molecule has 0 aromatic carbocycles. The molecular formula is C49H53Br2N11O5. The normalized spacial score (nSPS) is 11.0. The van der Waals surface area contributed by atoms with Crippen LogP contribution in [0.3, 0.4) is 0 Å². The molecule has 16 nitrogen and oxygen atoms in total. The van der Waals surface area contributed by atoms with Gasteiger partial charge in [-0.2, -0.15) is 30.1 Å². The standard InChI is InChI=1S/C19H20N6O2.C11H12N2O.C8H10BrNO.C7H6BrNO.C4H5N/c1-11-7-8-14(27-11)17-24-18(20)23-16-12(10-21-25(16)17)9-13-5-4-6-15(22-13)19(2,3)26;1-11(2,14)10-7-3-5-9(13-10)6-4-8-12;1-8(2,11)6-4-3-5-7(9)10-6;1-5(10)6-3-2-4-7(8)9-6;1-2-3-4-5/h4-8,10,26H,9H2,1-3H3,(H2,20,23);3-7,14H,1-2H3;3-5,11H,1-2H3;2-4H,1H3;2H,1,3H2. The first-order chi connectivity index (χ1) is 31.5. The number of allylic oxidation sites excluding steroid dienone is 2. The van der Waals surface area contributed by atoms with Gasteiger partial charge in [-0.25, -0.2) is 9.97 Å². The van der Waals surface area contributed by atoms with Gasteiger partial charge in [-0.15, -0.1) is 6.58 Å². The molecule has 67 heavy (non-hydrogen) atoms. The lowest BCUT2D eigenvalue weighted by Crippen LogP contribution is -2.18. The molecule has 7 heterocycles. The SMILES string of the molecule is C=CCC#N.CC(=O)c1cccc(Br)n1.CC(C)(O)c1cccc(Br)n1.CC(C)(O)c1cccc(C=CC#N)n1.Cc1ccc(-c2nc(N)nc3c(Cc4cccc(C(C)(C)O)n4)cnn23)o1. The van der Waals surface area contributed by atoms with E-state index in [9.17, 15) is 20.1 Å². The first kappa shape index (κ1) is 54.5. The van der Waals surface area contributed by atoms with Crippen molar-refractivity contribution in [1.82, 2.24) is 39.5 Å². The van der Waals surface area contributed by atoms with Gasteiger partial charge in [-0.05, 0) is 147 Å². The van der Waals surface area contributed by atoms with E-state index in [4.69, 9.17) is 20.7 Å². The molecule has 7 aromatic heterocycles. The lowest BCUT2D eigenvalue weighted by Gasteiger charge is -2.17. The van der Waals surface area contributed by atoms with E-state index in [1.807, 2.05) is 55.5 Å². The summed E-state index contributed by atoms with van der Waals surface area (Å²) in [5.74, 6) is 1.97. The highest BCUT2D eigenvalue weighted by Gasteiger charge is 2.21. The second-order valence-electron chi connectivity index (χ2n) is 15.9. The maximum absolute atomic E-state index is 10.7. The van der Waals surface area contributed by atoms with E-state index in [1.54, 1.807) is 113 Å². The fourth-order valence-corrected chi connectivity index (χ4v) is 6.01. The van der Waals surface area contributed by atoms with E-state index in [1.165, 1.54) is 13.0 Å². The van der Waals surface area contributed by atoms with Gasteiger partial charge in [-0.3, -0.25) is 14.8 Å². The lowest BCUT2D eigenvalue weighted by atomic mass is 10.0. The molecule has 348 valence electrons. The number of fused-ring (bicyclic) bond motifs is 1. The molecule has 0 amide bonds. The average Bonchev–Trinajstić information content (AvgIpc) is 3.88. The van der Waals surface area contributed by atoms with E-state index in [0.717, 1.165) is 21.6 Å². The van der Waals surface area contributed by atoms with Gasteiger partial charge in [0.15, 0.2) is 17.2 Å². The number of aromatic nitrogens is 8. The van der Waals surface area contributed by atoms with Crippen LogP contribution in [0.4, 0.5) is 5.95 Å². The third kappa shape index (κ3) is 18.2. The number of rotatable bonds is 9. The molecule has 0 saturated carbocycles. The van der Waals surface area contributed by atoms with Crippen LogP contribution >= 0.6 is 31.9 Å². The molecule has 0 atom stereocenters. The predicted octanol–water partition coefficient (Wildman–Crippen LogP) is 9.54. The second-order valence-corrected chi connectivity index (χ2v) is 17.5. The molecule has 0 fully saturated rings. The molecule has 0 aliphatic rings. The summed E-state index contributed by atoms with van der Waals surface area (Å²) in [6, 6.07) is 29.1. The number of halogens is 2. The number of carbonyl (C=O) groups is 1. The molecule has 0 spiro atoms. The summed E-state index contributed by atoms with van der Waals surface area (Å²) in [4.78, 5) is 36.1. The summed E-state index contributed by atoms with van der Waals surface area (Å²) in [5, 5.41) is 49.9. The van der Waals surface area contributed by atoms with E-state index in [-0.39, 0.29) is 11.7 Å². The molecule has 0 bridgehead atoms. The molecule has 0 unspecified atom stereocenters. The summed E-state index contributed by atoms with van der Waals surface area (Å²) in [5.41, 5.74) is 8.41. The Labute approximate surface area is 406 Å². The molecular weight excluding hydrogens is 982 g/mol. The van der Waals surface area contributed by atoms with E-state index in [0.29, 0.717) is 63.1 Å². The van der Waals surface area contributed by atoms with Crippen LogP contribution in [0.1, 0.15) is 105 Å². The summed E-state index contributed by atoms with van der Waals surface area (Å²) in [6.45, 7) is 16.9. The topological polar surface area (TPSA) is 259 Å². The number of hydrogen-bond donors (Lipinski definition) is 4. The first-order valence-electron chi connectivity index (χ1n) is 20.4. The Morgan fingerprint density at radius 3 is 1.84 bits per heavy atom. The van der Waals surface area contributed by atoms with Crippen LogP contribution in [0.5, 0.6) is 0 Å². The number of hydrogen-bond acceptors (Lipinski definition) is 15. The second kappa shape index (κ2) is 25.2. The summed E-state index contributed by atoms with van der Waals surface area (Å²) in [7, 11) is 0. The Balaban J connectivity index is 0.000000250. The van der Waals surface area contributed by atoms with Gasteiger partial charge in [0.1, 0.15) is 37.5 Å². The number of ketones is 1. The Morgan fingerprint density at radius 2 is 1.36 bits per heavy atom. The van der Waals surface area contributed by atoms with Crippen LogP contribution in [-0.2, 0) is 23.2 Å². The number of nitrogens with two attached hydrogens (primary N) is 1. The van der Waals surface area contributed by atoms with E-state index in [2.05, 4.69) is 73.4 Å². The third-order valence-corrected chi connectivity index (χ3v) is 9.49. The van der Waals surface area contributed by atoms with Gasteiger partial charge in [0.25, 0.3) is 0 Å². The van der Waals surface area contributed by atoms with Crippen molar-refractivity contribution < 1.29 is 24.5 Å². The number of pyridine rings is 4. The van der Waals surface area contributed by atoms with Crippen molar-refractivity contribution in [2.75, 3.05) is 5.73 Å². The zero-order chi connectivity index (χ0) is 50.0. The number of nitrogen functional groups attached to an aromatic ring is 1. The molecule has 5 N–H and O–H groups in total. The monoisotopic (exact) mass is 1030 g/mol. The fourth-order valence-electron chi connectivity index (χ4n) is 5.32. The molecule has 0 aliphatic carbocycles. The Bertz CT molecular complexity index is 2860. The number of nitrogens with zero attached hydrogens (tertiary/aromatic N) is 10. The van der Waals surface area contributed by atoms with Gasteiger partial charge in [0.2, 0.25) is 11.8 Å². The molecule has 7 rings (SSSR count). The van der Waals surface area contributed by atoms with Crippen LogP contribution in [0.2, 0.25) is 0 Å². The van der Waals surface area contributed by atoms with Crippen molar-refractivity contribution >= 4 is 55.3 Å². The van der Waals surface area contributed by atoms with Gasteiger partial charge < -0.3 is 25.5 Å². The van der Waals surface area contributed by atoms with Crippen molar-refractivity contribution in [3.05, 3.63) is 165 Å². The highest BCUT2D eigenvalue weighted by molar-refractivity contribution is 9.10. The Hall–Kier alpha value is -6.80. The van der Waals surface area contributed by atoms with Crippen LogP contribution in [0.25, 0.3) is 23.3 Å². The van der Waals surface area contributed by atoms with Crippen molar-refractivity contribution in [2.45, 2.75) is 85.0 Å². The number of nitriles is 2. The minimum absolute atomic E-state index is 0.0127. The van der Waals surface area contributed by atoms with Crippen LogP contribution < -0.4 is 5.73 Å². The fraction of sp³-hybridized carbons (Fsp3) is 0.265. The summed E-state index contributed by atoms with van der Waals surface area (Å²) < 4.78 is 8.72. The molecule has 7 aromatic rings. The number of carbonyl (C=O) groups excluding carboxylic acids is 1. The molecule has 0 aliphatic heterocycles. The molecule has 0 saturated heterocycles. The van der Waals surface area contributed by atoms with Crippen molar-refractivity contribution in [2.24, 2.45) is 0 Å². The van der Waals surface area contributed by atoms with Gasteiger partial charge in [-0.1, -0.05) is 30.3 Å². The summed E-state index contributed by atoms with van der Waals surface area (Å²) in [6.07, 6.45) is 7.22. The highest BCUT2D eigenvalue weighted by atomic mass is 79.9. The minimum Gasteiger partial charge on any atom is -0.458 e. The van der Waals surface area contributed by atoms with Gasteiger partial charge in [0.05, 0.1) is 47.5 Å². The zero-order valence-corrected chi connectivity index (χ0v) is 41.6. The van der Waals surface area contributed by atoms with Gasteiger partial charge in [0, 0.05) is 30.7 Å². The minimum atomic E-state index is -1.01. The molecule has 18 heteroatoms. The van der Waals surface area contributed by atoms with Crippen LogP contribution in [-0.4, -0.2) is 60.6 Å². The number of furan rings is 1.